The molecule has 1 saturated heterocycles. The molecule has 0 bridgehead atoms. The molecule has 1 aliphatic heterocycles. The first-order chi connectivity index (χ1) is 11.2. The number of carbonyl (C=O) groups excluding carboxylic acids is 2. The Morgan fingerprint density at radius 3 is 3.00 bits per heavy atom. The van der Waals surface area contributed by atoms with E-state index in [9.17, 15) is 9.59 Å². The number of hydrogen-bond acceptors (Lipinski definition) is 8. The van der Waals surface area contributed by atoms with Crippen molar-refractivity contribution in [1.82, 2.24) is 14.9 Å². The molecule has 3 heterocycles. The summed E-state index contributed by atoms with van der Waals surface area (Å²) in [5, 5.41) is 3.61. The van der Waals surface area contributed by atoms with Crippen molar-refractivity contribution in [2.24, 2.45) is 0 Å². The zero-order valence-corrected chi connectivity index (χ0v) is 13.9. The molecule has 0 unspecified atom stereocenters. The summed E-state index contributed by atoms with van der Waals surface area (Å²) < 4.78 is 10.2. The molecular weight excluding hydrogens is 338 g/mol. The van der Waals surface area contributed by atoms with Crippen LogP contribution in [0.1, 0.15) is 0 Å². The molecule has 1 amide bonds. The normalized spacial score (nSPS) is 14.9. The summed E-state index contributed by atoms with van der Waals surface area (Å²) in [5.74, 6) is -0.509. The molecule has 0 N–H and O–H groups in total. The fourth-order valence-corrected chi connectivity index (χ4v) is 3.67. The molecule has 0 aromatic carbocycles. The van der Waals surface area contributed by atoms with Crippen LogP contribution in [0.25, 0.3) is 10.2 Å². The molecule has 0 atom stereocenters. The Hall–Kier alpha value is -1.71. The predicted octanol–water partition coefficient (Wildman–Crippen LogP) is 1.19. The molecule has 2 aromatic heterocycles. The lowest BCUT2D eigenvalue weighted by molar-refractivity contribution is -0.151. The van der Waals surface area contributed by atoms with Gasteiger partial charge in [0, 0.05) is 18.5 Å². The molecule has 7 nitrogen and oxygen atoms in total. The first-order valence-electron chi connectivity index (χ1n) is 7.06. The Morgan fingerprint density at radius 2 is 2.17 bits per heavy atom. The summed E-state index contributed by atoms with van der Waals surface area (Å²) in [5.41, 5.74) is 0. The Kier molecular flexibility index (Phi) is 5.42. The van der Waals surface area contributed by atoms with Gasteiger partial charge in [-0.2, -0.15) is 0 Å². The first kappa shape index (κ1) is 16.2. The third kappa shape index (κ3) is 4.18. The van der Waals surface area contributed by atoms with Gasteiger partial charge >= 0.3 is 5.97 Å². The summed E-state index contributed by atoms with van der Waals surface area (Å²) in [6.45, 7) is 1.92. The lowest BCUT2D eigenvalue weighted by Crippen LogP contribution is -2.42. The minimum Gasteiger partial charge on any atom is -0.455 e. The Labute approximate surface area is 141 Å². The molecule has 2 aromatic rings. The quantitative estimate of drug-likeness (QED) is 0.454. The number of rotatable bonds is 5. The average Bonchev–Trinajstić information content (AvgIpc) is 3.07. The fourth-order valence-electron chi connectivity index (χ4n) is 2.10. The maximum absolute atomic E-state index is 11.9. The standard InChI is InChI=1S/C14H15N3O4S2/c18-11(17-2-4-20-5-3-17)7-21-12(19)8-23-14-10-1-6-22-13(10)15-9-16-14/h1,6,9H,2-5,7-8H2. The number of fused-ring (bicyclic) bond motifs is 1. The van der Waals surface area contributed by atoms with E-state index in [1.54, 1.807) is 4.90 Å². The largest absolute Gasteiger partial charge is 0.455 e. The van der Waals surface area contributed by atoms with Crippen LogP contribution in [-0.4, -0.2) is 65.4 Å². The van der Waals surface area contributed by atoms with Gasteiger partial charge in [-0.1, -0.05) is 11.8 Å². The third-order valence-electron chi connectivity index (χ3n) is 3.27. The fraction of sp³-hybridized carbons (Fsp3) is 0.429. The zero-order chi connectivity index (χ0) is 16.1. The summed E-state index contributed by atoms with van der Waals surface area (Å²) >= 11 is 2.81. The van der Waals surface area contributed by atoms with E-state index >= 15 is 0 Å². The molecule has 3 rings (SSSR count). The molecular formula is C14H15N3O4S2. The second-order valence-electron chi connectivity index (χ2n) is 4.76. The molecule has 1 fully saturated rings. The van der Waals surface area contributed by atoms with Crippen molar-refractivity contribution in [3.63, 3.8) is 0 Å². The van der Waals surface area contributed by atoms with Crippen LogP contribution in [-0.2, 0) is 19.1 Å². The van der Waals surface area contributed by atoms with Crippen LogP contribution in [0, 0.1) is 0 Å². The highest BCUT2D eigenvalue weighted by Gasteiger charge is 2.18. The van der Waals surface area contributed by atoms with Gasteiger partial charge in [-0.25, -0.2) is 9.97 Å². The van der Waals surface area contributed by atoms with E-state index in [-0.39, 0.29) is 18.3 Å². The number of morpholine rings is 1. The van der Waals surface area contributed by atoms with Gasteiger partial charge in [-0.05, 0) is 11.4 Å². The van der Waals surface area contributed by atoms with Crippen LogP contribution in [0.2, 0.25) is 0 Å². The summed E-state index contributed by atoms with van der Waals surface area (Å²) in [4.78, 5) is 34.6. The maximum atomic E-state index is 11.9. The third-order valence-corrected chi connectivity index (χ3v) is 5.07. The molecule has 23 heavy (non-hydrogen) atoms. The van der Waals surface area contributed by atoms with Crippen LogP contribution >= 0.6 is 23.1 Å². The van der Waals surface area contributed by atoms with Crippen LogP contribution in [0.3, 0.4) is 0 Å². The van der Waals surface area contributed by atoms with Crippen molar-refractivity contribution in [1.29, 1.82) is 0 Å². The predicted molar refractivity (Wildman–Crippen MR) is 86.5 cm³/mol. The van der Waals surface area contributed by atoms with E-state index < -0.39 is 5.97 Å². The molecule has 9 heteroatoms. The van der Waals surface area contributed by atoms with Crippen molar-refractivity contribution in [3.8, 4) is 0 Å². The van der Waals surface area contributed by atoms with Gasteiger partial charge in [0.1, 0.15) is 16.2 Å². The number of esters is 1. The van der Waals surface area contributed by atoms with Crippen LogP contribution in [0.4, 0.5) is 0 Å². The number of thioether (sulfide) groups is 1. The molecule has 122 valence electrons. The monoisotopic (exact) mass is 353 g/mol. The first-order valence-corrected chi connectivity index (χ1v) is 8.93. The lowest BCUT2D eigenvalue weighted by atomic mass is 10.4. The van der Waals surface area contributed by atoms with Crippen molar-refractivity contribution in [2.75, 3.05) is 38.7 Å². The van der Waals surface area contributed by atoms with Gasteiger partial charge in [0.05, 0.1) is 19.0 Å². The Bertz CT molecular complexity index is 700. The Balaban J connectivity index is 1.46. The van der Waals surface area contributed by atoms with E-state index in [0.717, 1.165) is 15.2 Å². The van der Waals surface area contributed by atoms with E-state index in [2.05, 4.69) is 9.97 Å². The number of thiophene rings is 1. The van der Waals surface area contributed by atoms with E-state index in [4.69, 9.17) is 9.47 Å². The summed E-state index contributed by atoms with van der Waals surface area (Å²) in [6.07, 6.45) is 1.48. The number of amides is 1. The van der Waals surface area contributed by atoms with E-state index in [0.29, 0.717) is 26.3 Å². The van der Waals surface area contributed by atoms with Crippen LogP contribution in [0.5, 0.6) is 0 Å². The number of nitrogens with zero attached hydrogens (tertiary/aromatic N) is 3. The minimum absolute atomic E-state index is 0.109. The smallest absolute Gasteiger partial charge is 0.316 e. The highest BCUT2D eigenvalue weighted by molar-refractivity contribution is 8.00. The SMILES string of the molecule is O=C(CSc1ncnc2sccc12)OCC(=O)N1CCOCC1. The number of hydrogen-bond donors (Lipinski definition) is 0. The highest BCUT2D eigenvalue weighted by atomic mass is 32.2. The second kappa shape index (κ2) is 7.71. The highest BCUT2D eigenvalue weighted by Crippen LogP contribution is 2.27. The zero-order valence-electron chi connectivity index (χ0n) is 12.3. The summed E-state index contributed by atoms with van der Waals surface area (Å²) in [7, 11) is 0. The van der Waals surface area contributed by atoms with Gasteiger partial charge in [0.2, 0.25) is 0 Å². The number of ether oxygens (including phenoxy) is 2. The lowest BCUT2D eigenvalue weighted by Gasteiger charge is -2.26. The molecule has 0 saturated carbocycles. The molecule has 1 aliphatic rings. The van der Waals surface area contributed by atoms with E-state index in [1.807, 2.05) is 11.4 Å². The number of carbonyl (C=O) groups is 2. The van der Waals surface area contributed by atoms with Gasteiger partial charge in [0.15, 0.2) is 6.61 Å². The van der Waals surface area contributed by atoms with Gasteiger partial charge in [-0.15, -0.1) is 11.3 Å². The molecule has 0 aliphatic carbocycles. The van der Waals surface area contributed by atoms with Crippen molar-refractivity contribution in [3.05, 3.63) is 17.8 Å². The van der Waals surface area contributed by atoms with E-state index in [1.165, 1.54) is 29.4 Å². The topological polar surface area (TPSA) is 81.6 Å². The summed E-state index contributed by atoms with van der Waals surface area (Å²) in [6, 6.07) is 1.93. The van der Waals surface area contributed by atoms with Crippen LogP contribution in [0.15, 0.2) is 22.8 Å². The second-order valence-corrected chi connectivity index (χ2v) is 6.62. The average molecular weight is 353 g/mol. The Morgan fingerprint density at radius 1 is 1.35 bits per heavy atom. The van der Waals surface area contributed by atoms with Gasteiger partial charge < -0.3 is 14.4 Å². The maximum Gasteiger partial charge on any atom is 0.316 e. The van der Waals surface area contributed by atoms with Crippen molar-refractivity contribution in [2.45, 2.75) is 5.03 Å². The number of aromatic nitrogens is 2. The molecule has 0 spiro atoms. The minimum atomic E-state index is -0.432. The molecule has 0 radical (unpaired) electrons. The van der Waals surface area contributed by atoms with Crippen LogP contribution < -0.4 is 0 Å². The van der Waals surface area contributed by atoms with Crippen molar-refractivity contribution < 1.29 is 19.1 Å². The van der Waals surface area contributed by atoms with Gasteiger partial charge in [0.25, 0.3) is 5.91 Å². The van der Waals surface area contributed by atoms with Crippen molar-refractivity contribution >= 4 is 45.2 Å². The van der Waals surface area contributed by atoms with Gasteiger partial charge in [-0.3, -0.25) is 9.59 Å².